The Kier molecular flexibility index (Phi) is 4.68. The first-order valence-corrected chi connectivity index (χ1v) is 11.7. The number of amides is 1. The molecular weight excluding hydrogens is 415 g/mol. The normalized spacial score (nSPS) is 17.2. The number of nitrogens with one attached hydrogen (secondary N) is 1. The number of halogens is 1. The fourth-order valence-corrected chi connectivity index (χ4v) is 5.74. The Morgan fingerprint density at radius 2 is 1.91 bits per heavy atom. The Balaban J connectivity index is 1.31. The third-order valence-electron chi connectivity index (χ3n) is 7.69. The number of benzene rings is 3. The van der Waals surface area contributed by atoms with Crippen LogP contribution in [0.15, 0.2) is 60.8 Å². The molecule has 5 heteroatoms. The van der Waals surface area contributed by atoms with Crippen molar-refractivity contribution in [1.29, 1.82) is 0 Å². The molecule has 2 aliphatic rings. The van der Waals surface area contributed by atoms with Crippen LogP contribution < -0.4 is 10.1 Å². The van der Waals surface area contributed by atoms with E-state index in [0.717, 1.165) is 34.9 Å². The van der Waals surface area contributed by atoms with Gasteiger partial charge >= 0.3 is 0 Å². The second-order valence-corrected chi connectivity index (χ2v) is 9.78. The van der Waals surface area contributed by atoms with E-state index in [0.29, 0.717) is 28.4 Å². The summed E-state index contributed by atoms with van der Waals surface area (Å²) in [5.41, 5.74) is 2.76. The van der Waals surface area contributed by atoms with Gasteiger partial charge in [0.05, 0.1) is 18.2 Å². The molecular formula is C28H27FN2O2. The number of hydrogen-bond acceptors (Lipinski definition) is 2. The van der Waals surface area contributed by atoms with Gasteiger partial charge in [-0.05, 0) is 83.8 Å². The number of fused-ring (bicyclic) bond motifs is 2. The lowest BCUT2D eigenvalue weighted by Gasteiger charge is -2.54. The van der Waals surface area contributed by atoms with Crippen LogP contribution in [0.3, 0.4) is 0 Å². The van der Waals surface area contributed by atoms with Crippen molar-refractivity contribution in [3.8, 4) is 5.75 Å². The van der Waals surface area contributed by atoms with Crippen LogP contribution in [0.4, 0.5) is 4.39 Å². The molecule has 0 aliphatic heterocycles. The Morgan fingerprint density at radius 1 is 1.09 bits per heavy atom. The third kappa shape index (κ3) is 3.47. The summed E-state index contributed by atoms with van der Waals surface area (Å²) in [7, 11) is 1.66. The molecule has 1 aromatic heterocycles. The largest absolute Gasteiger partial charge is 0.497 e. The Morgan fingerprint density at radius 3 is 2.67 bits per heavy atom. The van der Waals surface area contributed by atoms with Gasteiger partial charge in [-0.15, -0.1) is 0 Å². The Bertz CT molecular complexity index is 1380. The lowest BCUT2D eigenvalue weighted by atomic mass is 9.54. The quantitative estimate of drug-likeness (QED) is 0.409. The van der Waals surface area contributed by atoms with Crippen LogP contribution in [-0.4, -0.2) is 23.6 Å². The molecule has 3 aromatic carbocycles. The monoisotopic (exact) mass is 442 g/mol. The zero-order valence-electron chi connectivity index (χ0n) is 18.7. The number of carbonyl (C=O) groups excluding carboxylic acids is 1. The maximum atomic E-state index is 14.6. The molecule has 0 unspecified atom stereocenters. The van der Waals surface area contributed by atoms with Crippen molar-refractivity contribution in [3.63, 3.8) is 0 Å². The molecule has 6 rings (SSSR count). The molecule has 0 radical (unpaired) electrons. The fourth-order valence-electron chi connectivity index (χ4n) is 5.74. The predicted molar refractivity (Wildman–Crippen MR) is 128 cm³/mol. The van der Waals surface area contributed by atoms with E-state index in [9.17, 15) is 9.18 Å². The van der Waals surface area contributed by atoms with Crippen molar-refractivity contribution in [3.05, 3.63) is 77.7 Å². The second kappa shape index (κ2) is 7.62. The highest BCUT2D eigenvalue weighted by Crippen LogP contribution is 2.55. The van der Waals surface area contributed by atoms with Crippen LogP contribution in [0, 0.1) is 11.2 Å². The summed E-state index contributed by atoms with van der Waals surface area (Å²) in [4.78, 5) is 13.2. The minimum Gasteiger partial charge on any atom is -0.497 e. The first kappa shape index (κ1) is 20.3. The highest BCUT2D eigenvalue weighted by molar-refractivity contribution is 6.06. The predicted octanol–water partition coefficient (Wildman–Crippen LogP) is 6.05. The molecule has 2 saturated carbocycles. The number of methoxy groups -OCH3 is 1. The molecule has 168 valence electrons. The van der Waals surface area contributed by atoms with Gasteiger partial charge in [0.2, 0.25) is 0 Å². The number of rotatable bonds is 5. The molecule has 4 aromatic rings. The van der Waals surface area contributed by atoms with Gasteiger partial charge in [-0.2, -0.15) is 0 Å². The van der Waals surface area contributed by atoms with E-state index in [-0.39, 0.29) is 17.8 Å². The zero-order valence-corrected chi connectivity index (χ0v) is 18.7. The molecule has 0 saturated heterocycles. The summed E-state index contributed by atoms with van der Waals surface area (Å²) in [6, 6.07) is 17.3. The zero-order chi connectivity index (χ0) is 22.6. The summed E-state index contributed by atoms with van der Waals surface area (Å²) < 4.78 is 21.9. The highest BCUT2D eigenvalue weighted by atomic mass is 19.1. The van der Waals surface area contributed by atoms with Crippen molar-refractivity contribution in [2.45, 2.75) is 44.7 Å². The highest BCUT2D eigenvalue weighted by Gasteiger charge is 2.48. The van der Waals surface area contributed by atoms with Gasteiger partial charge in [-0.3, -0.25) is 4.79 Å². The topological polar surface area (TPSA) is 43.3 Å². The molecule has 33 heavy (non-hydrogen) atoms. The van der Waals surface area contributed by atoms with Gasteiger partial charge in [0.15, 0.2) is 0 Å². The average Bonchev–Trinajstić information content (AvgIpc) is 3.18. The van der Waals surface area contributed by atoms with Crippen LogP contribution in [0.1, 0.15) is 48.0 Å². The van der Waals surface area contributed by atoms with E-state index < -0.39 is 0 Å². The van der Waals surface area contributed by atoms with Crippen molar-refractivity contribution >= 4 is 27.6 Å². The van der Waals surface area contributed by atoms with E-state index in [1.807, 2.05) is 29.0 Å². The minimum atomic E-state index is -0.305. The van der Waals surface area contributed by atoms with Crippen molar-refractivity contribution in [2.75, 3.05) is 7.11 Å². The van der Waals surface area contributed by atoms with Crippen LogP contribution in [0.2, 0.25) is 0 Å². The van der Waals surface area contributed by atoms with Crippen LogP contribution in [0.5, 0.6) is 5.75 Å². The lowest BCUT2D eigenvalue weighted by molar-refractivity contribution is -0.000603. The lowest BCUT2D eigenvalue weighted by Crippen LogP contribution is -2.53. The van der Waals surface area contributed by atoms with Gasteiger partial charge in [0.1, 0.15) is 11.6 Å². The maximum Gasteiger partial charge on any atom is 0.253 e. The first-order valence-electron chi connectivity index (χ1n) is 11.7. The Hall–Kier alpha value is -3.34. The molecule has 1 heterocycles. The van der Waals surface area contributed by atoms with E-state index >= 15 is 0 Å². The molecule has 0 atom stereocenters. The number of carbonyl (C=O) groups is 1. The Labute approximate surface area is 192 Å². The van der Waals surface area contributed by atoms with Gasteiger partial charge < -0.3 is 14.6 Å². The molecule has 2 fully saturated rings. The molecule has 1 spiro atoms. The summed E-state index contributed by atoms with van der Waals surface area (Å²) in [5, 5.41) is 5.90. The number of ether oxygens (including phenoxy) is 1. The molecule has 1 N–H and O–H groups in total. The maximum absolute atomic E-state index is 14.6. The summed E-state index contributed by atoms with van der Waals surface area (Å²) in [5.74, 6) is 0.398. The number of aromatic nitrogens is 1. The van der Waals surface area contributed by atoms with Gasteiger partial charge in [0.25, 0.3) is 5.91 Å². The molecule has 2 aliphatic carbocycles. The van der Waals surface area contributed by atoms with Gasteiger partial charge in [0, 0.05) is 24.2 Å². The molecule has 4 nitrogen and oxygen atoms in total. The minimum absolute atomic E-state index is 0.109. The van der Waals surface area contributed by atoms with Crippen LogP contribution in [-0.2, 0) is 6.54 Å². The summed E-state index contributed by atoms with van der Waals surface area (Å²) >= 11 is 0. The third-order valence-corrected chi connectivity index (χ3v) is 7.69. The number of hydrogen-bond donors (Lipinski definition) is 1. The van der Waals surface area contributed by atoms with Crippen molar-refractivity contribution in [1.82, 2.24) is 9.88 Å². The summed E-state index contributed by atoms with van der Waals surface area (Å²) in [6.45, 7) is 0.549. The van der Waals surface area contributed by atoms with Crippen LogP contribution >= 0.6 is 0 Å². The van der Waals surface area contributed by atoms with Gasteiger partial charge in [-0.25, -0.2) is 4.39 Å². The van der Waals surface area contributed by atoms with Crippen molar-refractivity contribution < 1.29 is 13.9 Å². The number of nitrogens with zero attached hydrogens (tertiary/aromatic N) is 1. The van der Waals surface area contributed by atoms with Crippen molar-refractivity contribution in [2.24, 2.45) is 5.41 Å². The molecule has 1 amide bonds. The fraction of sp³-hybridized carbons (Fsp3) is 0.321. The van der Waals surface area contributed by atoms with E-state index in [1.165, 1.54) is 25.3 Å². The van der Waals surface area contributed by atoms with E-state index in [1.54, 1.807) is 19.2 Å². The smallest absolute Gasteiger partial charge is 0.253 e. The van der Waals surface area contributed by atoms with Crippen LogP contribution in [0.25, 0.3) is 21.7 Å². The van der Waals surface area contributed by atoms with Gasteiger partial charge in [-0.1, -0.05) is 24.6 Å². The second-order valence-electron chi connectivity index (χ2n) is 9.78. The SMILES string of the molecule is COc1ccc2ccc(Cn3ccc4c(F)ccc(C(=O)NC5CC6(CCC6)C5)c43)cc2c1. The van der Waals surface area contributed by atoms with E-state index in [4.69, 9.17) is 4.74 Å². The standard InChI is InChI=1S/C28H27FN2O2/c1-33-22-6-5-19-4-3-18(13-20(19)14-22)17-31-12-9-23-25(29)8-7-24(26(23)31)27(32)30-21-15-28(16-21)10-2-11-28/h3-9,12-14,21H,2,10-11,15-17H2,1H3,(H,30,32). The average molecular weight is 443 g/mol. The van der Waals surface area contributed by atoms with E-state index in [2.05, 4.69) is 23.5 Å². The molecule has 0 bridgehead atoms. The summed E-state index contributed by atoms with van der Waals surface area (Å²) in [6.07, 6.45) is 7.91. The first-order chi connectivity index (χ1) is 16.0.